The lowest BCUT2D eigenvalue weighted by Crippen LogP contribution is -2.50. The number of benzene rings is 1. The molecule has 2 saturated heterocycles. The van der Waals surface area contributed by atoms with E-state index in [9.17, 15) is 9.90 Å². The molecular formula is C32H37N5O3. The number of rotatable bonds is 8. The van der Waals surface area contributed by atoms with E-state index >= 15 is 0 Å². The number of carbonyl (C=O) groups is 1. The van der Waals surface area contributed by atoms with Gasteiger partial charge < -0.3 is 15.2 Å². The van der Waals surface area contributed by atoms with E-state index in [1.807, 2.05) is 24.5 Å². The number of Topliss-reactive ketones (excluding diaryl/α,β-unsaturated/α-hetero) is 1. The molecule has 8 heteroatoms. The van der Waals surface area contributed by atoms with Crippen molar-refractivity contribution in [2.45, 2.75) is 58.6 Å². The summed E-state index contributed by atoms with van der Waals surface area (Å²) in [5, 5.41) is 13.3. The fourth-order valence-corrected chi connectivity index (χ4v) is 6.19. The van der Waals surface area contributed by atoms with Crippen LogP contribution in [0.5, 0.6) is 0 Å². The van der Waals surface area contributed by atoms with Crippen molar-refractivity contribution in [3.63, 3.8) is 0 Å². The number of ether oxygens (including phenoxy) is 1. The number of nitrogens with zero attached hydrogens (tertiary/aromatic N) is 4. The van der Waals surface area contributed by atoms with E-state index in [0.717, 1.165) is 52.4 Å². The van der Waals surface area contributed by atoms with E-state index in [1.54, 1.807) is 6.92 Å². The minimum atomic E-state index is -0.267. The Balaban J connectivity index is 1.39. The Morgan fingerprint density at radius 2 is 2.05 bits per heavy atom. The van der Waals surface area contributed by atoms with Crippen LogP contribution in [0.25, 0.3) is 16.9 Å². The number of hydrogen-bond donors (Lipinski definition) is 2. The van der Waals surface area contributed by atoms with Crippen molar-refractivity contribution in [2.24, 2.45) is 0 Å². The largest absolute Gasteiger partial charge is 0.390 e. The van der Waals surface area contributed by atoms with Gasteiger partial charge in [0.15, 0.2) is 5.78 Å². The van der Waals surface area contributed by atoms with E-state index in [1.165, 1.54) is 5.56 Å². The normalized spacial score (nSPS) is 19.7. The van der Waals surface area contributed by atoms with Crippen LogP contribution < -0.4 is 5.32 Å². The van der Waals surface area contributed by atoms with Gasteiger partial charge in [-0.2, -0.15) is 0 Å². The average Bonchev–Trinajstić information content (AvgIpc) is 3.54. The molecule has 4 aromatic rings. The van der Waals surface area contributed by atoms with Crippen molar-refractivity contribution >= 4 is 22.9 Å². The SMILES string of the molecule is CCc1c(-c2cnc3cc(C)ccn23)ccc(Nc2ccc([C@]3(C)CCOC3)c(CN3CC(O)C3)n2)c1C(C)=O. The first-order valence-electron chi connectivity index (χ1n) is 14.1. The first-order chi connectivity index (χ1) is 19.3. The summed E-state index contributed by atoms with van der Waals surface area (Å²) in [5.41, 5.74) is 8.52. The van der Waals surface area contributed by atoms with Crippen LogP contribution in [-0.2, 0) is 23.1 Å². The highest BCUT2D eigenvalue weighted by Gasteiger charge is 2.35. The highest BCUT2D eigenvalue weighted by Crippen LogP contribution is 2.37. The molecule has 1 aromatic carbocycles. The lowest BCUT2D eigenvalue weighted by Gasteiger charge is -2.37. The second kappa shape index (κ2) is 10.4. The maximum atomic E-state index is 13.1. The van der Waals surface area contributed by atoms with Crippen LogP contribution in [-0.4, -0.2) is 62.6 Å². The molecule has 2 N–H and O–H groups in total. The van der Waals surface area contributed by atoms with Crippen LogP contribution in [0.15, 0.2) is 48.8 Å². The van der Waals surface area contributed by atoms with E-state index in [0.29, 0.717) is 44.0 Å². The van der Waals surface area contributed by atoms with Gasteiger partial charge in [-0.05, 0) is 67.6 Å². The number of aryl methyl sites for hydroxylation is 1. The molecule has 3 aromatic heterocycles. The number of aromatic nitrogens is 3. The zero-order valence-electron chi connectivity index (χ0n) is 23.7. The first kappa shape index (κ1) is 26.6. The second-order valence-corrected chi connectivity index (χ2v) is 11.5. The Kier molecular flexibility index (Phi) is 6.94. The zero-order chi connectivity index (χ0) is 28.0. The van der Waals surface area contributed by atoms with Crippen LogP contribution >= 0.6 is 0 Å². The molecule has 6 rings (SSSR count). The fraction of sp³-hybridized carbons (Fsp3) is 0.406. The number of nitrogens with one attached hydrogen (secondary N) is 1. The molecule has 2 aliphatic rings. The number of anilines is 2. The van der Waals surface area contributed by atoms with E-state index in [4.69, 9.17) is 9.72 Å². The predicted molar refractivity (Wildman–Crippen MR) is 156 cm³/mol. The standard InChI is InChI=1S/C32H37N5O3/c1-5-23-24(28-15-33-30-14-20(2)10-12-37(28)30)6-8-26(31(23)21(3)38)34-29-9-7-25(32(4)11-13-40-19-32)27(35-29)18-36-16-22(39)17-36/h6-10,12,14-15,22,39H,5,11,13,16-19H2,1-4H3,(H,34,35)/t32-/m1/s1. The van der Waals surface area contributed by atoms with Gasteiger partial charge in [0.1, 0.15) is 11.5 Å². The van der Waals surface area contributed by atoms with Crippen LogP contribution in [0.2, 0.25) is 0 Å². The number of aliphatic hydroxyl groups excluding tert-OH is 1. The number of aliphatic hydroxyl groups is 1. The second-order valence-electron chi connectivity index (χ2n) is 11.5. The highest BCUT2D eigenvalue weighted by atomic mass is 16.5. The number of imidazole rings is 1. The Morgan fingerprint density at radius 1 is 1.23 bits per heavy atom. The summed E-state index contributed by atoms with van der Waals surface area (Å²) in [7, 11) is 0. The van der Waals surface area contributed by atoms with Gasteiger partial charge in [-0.1, -0.05) is 26.0 Å². The molecule has 208 valence electrons. The molecule has 0 saturated carbocycles. The number of pyridine rings is 2. The molecule has 2 aliphatic heterocycles. The fourth-order valence-electron chi connectivity index (χ4n) is 6.19. The monoisotopic (exact) mass is 539 g/mol. The first-order valence-corrected chi connectivity index (χ1v) is 14.1. The van der Waals surface area contributed by atoms with Crippen LogP contribution in [0.3, 0.4) is 0 Å². The molecule has 0 radical (unpaired) electrons. The van der Waals surface area contributed by atoms with Crippen LogP contribution in [0.1, 0.15) is 59.9 Å². The Morgan fingerprint density at radius 3 is 2.75 bits per heavy atom. The summed E-state index contributed by atoms with van der Waals surface area (Å²) in [5.74, 6) is 0.706. The molecular weight excluding hydrogens is 502 g/mol. The van der Waals surface area contributed by atoms with Crippen molar-refractivity contribution in [2.75, 3.05) is 31.6 Å². The van der Waals surface area contributed by atoms with E-state index in [-0.39, 0.29) is 17.3 Å². The molecule has 0 bridgehead atoms. The van der Waals surface area contributed by atoms with Gasteiger partial charge in [-0.3, -0.25) is 14.1 Å². The van der Waals surface area contributed by atoms with Gasteiger partial charge in [0.2, 0.25) is 0 Å². The number of carbonyl (C=O) groups excluding carboxylic acids is 1. The summed E-state index contributed by atoms with van der Waals surface area (Å²) < 4.78 is 7.83. The third-order valence-electron chi connectivity index (χ3n) is 8.38. The number of fused-ring (bicyclic) bond motifs is 1. The van der Waals surface area contributed by atoms with Gasteiger partial charge in [0.05, 0.1) is 36.0 Å². The van der Waals surface area contributed by atoms with Crippen LogP contribution in [0.4, 0.5) is 11.5 Å². The van der Waals surface area contributed by atoms with Crippen LogP contribution in [0, 0.1) is 6.92 Å². The van der Waals surface area contributed by atoms with Crippen molar-refractivity contribution < 1.29 is 14.6 Å². The van der Waals surface area contributed by atoms with Gasteiger partial charge in [-0.25, -0.2) is 9.97 Å². The molecule has 0 amide bonds. The molecule has 0 unspecified atom stereocenters. The number of β-amino-alcohol motifs (C(OH)–C–C–N with tert-alkyl or cyclic N) is 1. The van der Waals surface area contributed by atoms with Crippen molar-refractivity contribution in [1.29, 1.82) is 0 Å². The summed E-state index contributed by atoms with van der Waals surface area (Å²) >= 11 is 0. The summed E-state index contributed by atoms with van der Waals surface area (Å²) in [4.78, 5) is 25.0. The predicted octanol–water partition coefficient (Wildman–Crippen LogP) is 5.07. The topological polar surface area (TPSA) is 92.0 Å². The smallest absolute Gasteiger partial charge is 0.162 e. The molecule has 40 heavy (non-hydrogen) atoms. The average molecular weight is 540 g/mol. The summed E-state index contributed by atoms with van der Waals surface area (Å²) in [6.45, 7) is 11.4. The molecule has 2 fully saturated rings. The highest BCUT2D eigenvalue weighted by molar-refractivity contribution is 6.03. The maximum Gasteiger partial charge on any atom is 0.162 e. The lowest BCUT2D eigenvalue weighted by molar-refractivity contribution is -0.00384. The Hall–Kier alpha value is -3.59. The van der Waals surface area contributed by atoms with Crippen molar-refractivity contribution in [1.82, 2.24) is 19.3 Å². The zero-order valence-corrected chi connectivity index (χ0v) is 23.7. The molecule has 0 spiro atoms. The van der Waals surface area contributed by atoms with E-state index in [2.05, 4.69) is 64.6 Å². The maximum absolute atomic E-state index is 13.1. The quantitative estimate of drug-likeness (QED) is 0.302. The molecule has 0 aliphatic carbocycles. The number of ketones is 1. The van der Waals surface area contributed by atoms with Crippen molar-refractivity contribution in [3.05, 3.63) is 76.7 Å². The van der Waals surface area contributed by atoms with Crippen molar-refractivity contribution in [3.8, 4) is 11.3 Å². The third kappa shape index (κ3) is 4.80. The van der Waals surface area contributed by atoms with Gasteiger partial charge in [-0.15, -0.1) is 0 Å². The van der Waals surface area contributed by atoms with E-state index < -0.39 is 0 Å². The molecule has 8 nitrogen and oxygen atoms in total. The molecule has 1 atom stereocenters. The van der Waals surface area contributed by atoms with Gasteiger partial charge >= 0.3 is 0 Å². The number of likely N-dealkylation sites (tertiary alicyclic amines) is 1. The third-order valence-corrected chi connectivity index (χ3v) is 8.38. The summed E-state index contributed by atoms with van der Waals surface area (Å²) in [6.07, 6.45) is 5.30. The Labute approximate surface area is 235 Å². The minimum Gasteiger partial charge on any atom is -0.390 e. The molecule has 5 heterocycles. The lowest BCUT2D eigenvalue weighted by atomic mass is 9.80. The number of hydrogen-bond acceptors (Lipinski definition) is 7. The Bertz CT molecular complexity index is 1580. The minimum absolute atomic E-state index is 0.00731. The van der Waals surface area contributed by atoms with Gasteiger partial charge in [0, 0.05) is 49.0 Å². The van der Waals surface area contributed by atoms with Gasteiger partial charge in [0.25, 0.3) is 0 Å². The summed E-state index contributed by atoms with van der Waals surface area (Å²) in [6, 6.07) is 12.3.